The highest BCUT2D eigenvalue weighted by atomic mass is 16.7. The number of rotatable bonds is 5. The summed E-state index contributed by atoms with van der Waals surface area (Å²) in [7, 11) is 0. The molecule has 4 rings (SSSR count). The van der Waals surface area contributed by atoms with Gasteiger partial charge in [0.1, 0.15) is 0 Å². The first-order valence-electron chi connectivity index (χ1n) is 9.22. The van der Waals surface area contributed by atoms with Gasteiger partial charge in [0.2, 0.25) is 12.7 Å². The number of benzene rings is 2. The Kier molecular flexibility index (Phi) is 4.56. The van der Waals surface area contributed by atoms with Gasteiger partial charge in [-0.25, -0.2) is 0 Å². The molecule has 0 radical (unpaired) electrons. The molecule has 1 N–H and O–H groups in total. The van der Waals surface area contributed by atoms with Gasteiger partial charge in [0.25, 0.3) is 0 Å². The number of amides is 1. The quantitative estimate of drug-likeness (QED) is 0.860. The lowest BCUT2D eigenvalue weighted by atomic mass is 9.84. The molecule has 1 amide bonds. The van der Waals surface area contributed by atoms with Crippen molar-refractivity contribution in [3.05, 3.63) is 41.5 Å². The van der Waals surface area contributed by atoms with E-state index in [-0.39, 0.29) is 24.7 Å². The van der Waals surface area contributed by atoms with E-state index >= 15 is 0 Å². The summed E-state index contributed by atoms with van der Waals surface area (Å²) in [6, 6.07) is 9.68. The van der Waals surface area contributed by atoms with E-state index in [4.69, 9.17) is 18.9 Å². The van der Waals surface area contributed by atoms with Gasteiger partial charge in [-0.1, -0.05) is 6.07 Å². The predicted molar refractivity (Wildman–Crippen MR) is 101 cm³/mol. The van der Waals surface area contributed by atoms with Gasteiger partial charge >= 0.3 is 0 Å². The lowest BCUT2D eigenvalue weighted by Crippen LogP contribution is -2.23. The van der Waals surface area contributed by atoms with Crippen molar-refractivity contribution >= 4 is 11.6 Å². The molecular weight excluding hydrogens is 346 g/mol. The largest absolute Gasteiger partial charge is 0.490 e. The SMILES string of the molecule is CCOc1cc([C@@H]2CC(=O)Nc3cc4c(cc32)OCO4)ccc1OC(C)C. The van der Waals surface area contributed by atoms with Gasteiger partial charge in [-0.2, -0.15) is 0 Å². The van der Waals surface area contributed by atoms with Crippen molar-refractivity contribution in [3.8, 4) is 23.0 Å². The first kappa shape index (κ1) is 17.5. The Labute approximate surface area is 158 Å². The highest BCUT2D eigenvalue weighted by molar-refractivity contribution is 5.96. The molecule has 2 aliphatic heterocycles. The van der Waals surface area contributed by atoms with Gasteiger partial charge in [0.05, 0.1) is 12.7 Å². The molecule has 27 heavy (non-hydrogen) atoms. The zero-order valence-electron chi connectivity index (χ0n) is 15.7. The summed E-state index contributed by atoms with van der Waals surface area (Å²) in [4.78, 5) is 12.3. The number of fused-ring (bicyclic) bond motifs is 2. The Morgan fingerprint density at radius 3 is 2.67 bits per heavy atom. The van der Waals surface area contributed by atoms with E-state index in [1.54, 1.807) is 0 Å². The van der Waals surface area contributed by atoms with Crippen LogP contribution in [0.1, 0.15) is 44.2 Å². The van der Waals surface area contributed by atoms with E-state index < -0.39 is 0 Å². The van der Waals surface area contributed by atoms with Crippen molar-refractivity contribution in [2.24, 2.45) is 0 Å². The molecule has 6 nitrogen and oxygen atoms in total. The van der Waals surface area contributed by atoms with Crippen LogP contribution < -0.4 is 24.3 Å². The number of ether oxygens (including phenoxy) is 4. The number of carbonyl (C=O) groups is 1. The van der Waals surface area contributed by atoms with E-state index in [0.717, 1.165) is 16.8 Å². The Morgan fingerprint density at radius 1 is 1.15 bits per heavy atom. The standard InChI is InChI=1S/C21H23NO5/c1-4-24-18-7-13(5-6-17(18)27-12(2)3)14-9-21(23)22-16-10-20-19(8-15(14)16)25-11-26-20/h5-8,10,12,14H,4,9,11H2,1-3H3,(H,22,23)/t14-/m0/s1. The van der Waals surface area contributed by atoms with Gasteiger partial charge in [-0.15, -0.1) is 0 Å². The predicted octanol–water partition coefficient (Wildman–Crippen LogP) is 4.08. The van der Waals surface area contributed by atoms with Gasteiger partial charge < -0.3 is 24.3 Å². The number of hydrogen-bond acceptors (Lipinski definition) is 5. The van der Waals surface area contributed by atoms with Crippen LogP contribution in [-0.2, 0) is 4.79 Å². The van der Waals surface area contributed by atoms with Crippen LogP contribution in [0.5, 0.6) is 23.0 Å². The zero-order chi connectivity index (χ0) is 19.0. The lowest BCUT2D eigenvalue weighted by Gasteiger charge is -2.27. The summed E-state index contributed by atoms with van der Waals surface area (Å²) < 4.78 is 22.6. The Hall–Kier alpha value is -2.89. The minimum Gasteiger partial charge on any atom is -0.490 e. The smallest absolute Gasteiger partial charge is 0.231 e. The van der Waals surface area contributed by atoms with Crippen LogP contribution in [0.15, 0.2) is 30.3 Å². The molecule has 0 unspecified atom stereocenters. The molecule has 0 aromatic heterocycles. The van der Waals surface area contributed by atoms with Crippen LogP contribution in [0.4, 0.5) is 5.69 Å². The fourth-order valence-electron chi connectivity index (χ4n) is 3.51. The first-order valence-corrected chi connectivity index (χ1v) is 9.22. The van der Waals surface area contributed by atoms with Crippen molar-refractivity contribution in [3.63, 3.8) is 0 Å². The molecule has 2 aromatic carbocycles. The van der Waals surface area contributed by atoms with Crippen molar-refractivity contribution in [2.45, 2.75) is 39.2 Å². The van der Waals surface area contributed by atoms with Crippen LogP contribution in [0.2, 0.25) is 0 Å². The molecule has 0 fully saturated rings. The van der Waals surface area contributed by atoms with E-state index in [1.807, 2.05) is 51.1 Å². The molecule has 0 saturated heterocycles. The number of nitrogens with one attached hydrogen (secondary N) is 1. The summed E-state index contributed by atoms with van der Waals surface area (Å²) in [5, 5.41) is 2.94. The minimum atomic E-state index is -0.0874. The van der Waals surface area contributed by atoms with Crippen molar-refractivity contribution in [1.82, 2.24) is 0 Å². The molecule has 1 atom stereocenters. The van der Waals surface area contributed by atoms with Crippen molar-refractivity contribution in [1.29, 1.82) is 0 Å². The first-order chi connectivity index (χ1) is 13.0. The van der Waals surface area contributed by atoms with E-state index in [9.17, 15) is 4.79 Å². The molecule has 0 spiro atoms. The number of hydrogen-bond donors (Lipinski definition) is 1. The van der Waals surface area contributed by atoms with Crippen LogP contribution in [0, 0.1) is 0 Å². The maximum absolute atomic E-state index is 12.3. The summed E-state index contributed by atoms with van der Waals surface area (Å²) >= 11 is 0. The van der Waals surface area contributed by atoms with E-state index in [2.05, 4.69) is 5.32 Å². The zero-order valence-corrected chi connectivity index (χ0v) is 15.7. The van der Waals surface area contributed by atoms with E-state index in [1.165, 1.54) is 0 Å². The second kappa shape index (κ2) is 7.02. The molecule has 2 aliphatic rings. The monoisotopic (exact) mass is 369 g/mol. The molecule has 0 aliphatic carbocycles. The topological polar surface area (TPSA) is 66.0 Å². The normalized spacial score (nSPS) is 17.5. The highest BCUT2D eigenvalue weighted by Crippen LogP contribution is 2.45. The average molecular weight is 369 g/mol. The summed E-state index contributed by atoms with van der Waals surface area (Å²) in [6.07, 6.45) is 0.416. The molecule has 142 valence electrons. The molecule has 0 saturated carbocycles. The number of carbonyl (C=O) groups excluding carboxylic acids is 1. The van der Waals surface area contributed by atoms with Crippen molar-refractivity contribution < 1.29 is 23.7 Å². The Balaban J connectivity index is 1.75. The van der Waals surface area contributed by atoms with Crippen LogP contribution in [0.3, 0.4) is 0 Å². The third-order valence-electron chi connectivity index (χ3n) is 4.62. The molecule has 6 heteroatoms. The number of anilines is 1. The Morgan fingerprint density at radius 2 is 1.93 bits per heavy atom. The van der Waals surface area contributed by atoms with Gasteiger partial charge in [0.15, 0.2) is 23.0 Å². The molecule has 2 aromatic rings. The van der Waals surface area contributed by atoms with E-state index in [0.29, 0.717) is 36.0 Å². The Bertz CT molecular complexity index is 877. The van der Waals surface area contributed by atoms with Gasteiger partial charge in [-0.05, 0) is 50.1 Å². The van der Waals surface area contributed by atoms with Crippen LogP contribution in [0.25, 0.3) is 0 Å². The van der Waals surface area contributed by atoms with Crippen molar-refractivity contribution in [2.75, 3.05) is 18.7 Å². The van der Waals surface area contributed by atoms with Crippen LogP contribution >= 0.6 is 0 Å². The molecule has 0 bridgehead atoms. The summed E-state index contributed by atoms with van der Waals surface area (Å²) in [5.74, 6) is 2.66. The second-order valence-electron chi connectivity index (χ2n) is 6.90. The fourth-order valence-corrected chi connectivity index (χ4v) is 3.51. The maximum Gasteiger partial charge on any atom is 0.231 e. The molecule has 2 heterocycles. The molecular formula is C21H23NO5. The van der Waals surface area contributed by atoms with Crippen LogP contribution in [-0.4, -0.2) is 25.4 Å². The lowest BCUT2D eigenvalue weighted by molar-refractivity contribution is -0.116. The average Bonchev–Trinajstić information content (AvgIpc) is 3.08. The second-order valence-corrected chi connectivity index (χ2v) is 6.90. The van der Waals surface area contributed by atoms with Gasteiger partial charge in [0, 0.05) is 24.1 Å². The minimum absolute atomic E-state index is 0.0215. The summed E-state index contributed by atoms with van der Waals surface area (Å²) in [5.41, 5.74) is 2.78. The van der Waals surface area contributed by atoms with Gasteiger partial charge in [-0.3, -0.25) is 4.79 Å². The third-order valence-corrected chi connectivity index (χ3v) is 4.62. The summed E-state index contributed by atoms with van der Waals surface area (Å²) in [6.45, 7) is 6.64. The maximum atomic E-state index is 12.3. The fraction of sp³-hybridized carbons (Fsp3) is 0.381. The third kappa shape index (κ3) is 3.39. The highest BCUT2D eigenvalue weighted by Gasteiger charge is 2.30.